The summed E-state index contributed by atoms with van der Waals surface area (Å²) in [5.41, 5.74) is 0.584. The normalized spacial score (nSPS) is 14.2. The Morgan fingerprint density at radius 3 is 2.55 bits per heavy atom. The predicted molar refractivity (Wildman–Crippen MR) is 127 cm³/mol. The SMILES string of the molecule is CC(C)CN(CC(=O)Nc1nc(CC(=O)Nc2ccccc2F)cs1)C(=O)C1CCCCC1. The van der Waals surface area contributed by atoms with Gasteiger partial charge in [-0.3, -0.25) is 14.4 Å². The van der Waals surface area contributed by atoms with Crippen molar-refractivity contribution in [1.82, 2.24) is 9.88 Å². The van der Waals surface area contributed by atoms with Crippen molar-refractivity contribution in [3.05, 3.63) is 41.2 Å². The molecule has 33 heavy (non-hydrogen) atoms. The van der Waals surface area contributed by atoms with Crippen molar-refractivity contribution in [2.24, 2.45) is 11.8 Å². The van der Waals surface area contributed by atoms with Gasteiger partial charge in [-0.05, 0) is 30.9 Å². The Hall–Kier alpha value is -2.81. The first-order valence-corrected chi connectivity index (χ1v) is 12.3. The van der Waals surface area contributed by atoms with Crippen molar-refractivity contribution in [2.45, 2.75) is 52.4 Å². The maximum Gasteiger partial charge on any atom is 0.245 e. The van der Waals surface area contributed by atoms with Gasteiger partial charge in [0.2, 0.25) is 17.7 Å². The number of aromatic nitrogens is 1. The smallest absolute Gasteiger partial charge is 0.245 e. The number of carbonyl (C=O) groups is 3. The first-order valence-electron chi connectivity index (χ1n) is 11.4. The van der Waals surface area contributed by atoms with Crippen LogP contribution < -0.4 is 10.6 Å². The Balaban J connectivity index is 1.54. The number of hydrogen-bond donors (Lipinski definition) is 2. The molecular weight excluding hydrogens is 443 g/mol. The summed E-state index contributed by atoms with van der Waals surface area (Å²) in [6.07, 6.45) is 5.02. The van der Waals surface area contributed by atoms with E-state index < -0.39 is 11.7 Å². The summed E-state index contributed by atoms with van der Waals surface area (Å²) in [6.45, 7) is 4.56. The fraction of sp³-hybridized carbons (Fsp3) is 0.500. The van der Waals surface area contributed by atoms with Crippen LogP contribution in [-0.2, 0) is 20.8 Å². The highest BCUT2D eigenvalue weighted by Crippen LogP contribution is 2.26. The Bertz CT molecular complexity index is 972. The number of benzene rings is 1. The van der Waals surface area contributed by atoms with Crippen LogP contribution in [0.2, 0.25) is 0 Å². The molecule has 2 N–H and O–H groups in total. The number of thiazole rings is 1. The largest absolute Gasteiger partial charge is 0.333 e. The van der Waals surface area contributed by atoms with Gasteiger partial charge in [0.05, 0.1) is 24.3 Å². The van der Waals surface area contributed by atoms with Gasteiger partial charge in [-0.1, -0.05) is 45.2 Å². The highest BCUT2D eigenvalue weighted by atomic mass is 32.1. The third-order valence-electron chi connectivity index (χ3n) is 5.47. The van der Waals surface area contributed by atoms with E-state index in [-0.39, 0.29) is 42.3 Å². The molecule has 1 aromatic carbocycles. The number of rotatable bonds is 9. The van der Waals surface area contributed by atoms with Crippen molar-refractivity contribution in [1.29, 1.82) is 0 Å². The zero-order chi connectivity index (χ0) is 23.8. The lowest BCUT2D eigenvalue weighted by atomic mass is 9.88. The minimum Gasteiger partial charge on any atom is -0.333 e. The van der Waals surface area contributed by atoms with Crippen LogP contribution in [0.15, 0.2) is 29.6 Å². The van der Waals surface area contributed by atoms with E-state index in [1.807, 2.05) is 13.8 Å². The molecule has 0 bridgehead atoms. The second kappa shape index (κ2) is 11.9. The highest BCUT2D eigenvalue weighted by molar-refractivity contribution is 7.13. The average molecular weight is 475 g/mol. The van der Waals surface area contributed by atoms with Crippen molar-refractivity contribution < 1.29 is 18.8 Å². The Kier molecular flexibility index (Phi) is 8.94. The molecule has 178 valence electrons. The van der Waals surface area contributed by atoms with Gasteiger partial charge < -0.3 is 15.5 Å². The van der Waals surface area contributed by atoms with Crippen LogP contribution in [0.25, 0.3) is 0 Å². The molecule has 1 fully saturated rings. The second-order valence-corrected chi connectivity index (χ2v) is 9.70. The predicted octanol–water partition coefficient (Wildman–Crippen LogP) is 4.47. The summed E-state index contributed by atoms with van der Waals surface area (Å²) in [7, 11) is 0. The van der Waals surface area contributed by atoms with E-state index in [2.05, 4.69) is 15.6 Å². The monoisotopic (exact) mass is 474 g/mol. The van der Waals surface area contributed by atoms with Gasteiger partial charge >= 0.3 is 0 Å². The third kappa shape index (κ3) is 7.63. The molecule has 1 aliphatic rings. The van der Waals surface area contributed by atoms with Gasteiger partial charge in [-0.25, -0.2) is 9.37 Å². The van der Waals surface area contributed by atoms with E-state index >= 15 is 0 Å². The lowest BCUT2D eigenvalue weighted by Gasteiger charge is -2.30. The minimum absolute atomic E-state index is 0.00438. The van der Waals surface area contributed by atoms with E-state index in [4.69, 9.17) is 0 Å². The maximum absolute atomic E-state index is 13.7. The van der Waals surface area contributed by atoms with Crippen LogP contribution in [0, 0.1) is 17.7 Å². The lowest BCUT2D eigenvalue weighted by molar-refractivity contribution is -0.139. The molecule has 0 atom stereocenters. The molecule has 1 heterocycles. The van der Waals surface area contributed by atoms with E-state index in [9.17, 15) is 18.8 Å². The average Bonchev–Trinajstić information content (AvgIpc) is 3.21. The lowest BCUT2D eigenvalue weighted by Crippen LogP contribution is -2.43. The number of nitrogens with zero attached hydrogens (tertiary/aromatic N) is 2. The molecule has 1 saturated carbocycles. The molecule has 1 aromatic heterocycles. The molecule has 0 radical (unpaired) electrons. The Labute approximate surface area is 197 Å². The molecule has 2 aromatic rings. The van der Waals surface area contributed by atoms with E-state index in [0.717, 1.165) is 25.7 Å². The van der Waals surface area contributed by atoms with Gasteiger partial charge in [-0.15, -0.1) is 11.3 Å². The molecule has 0 aliphatic heterocycles. The number of anilines is 2. The van der Waals surface area contributed by atoms with Crippen LogP contribution in [0.5, 0.6) is 0 Å². The van der Waals surface area contributed by atoms with Crippen molar-refractivity contribution in [3.63, 3.8) is 0 Å². The van der Waals surface area contributed by atoms with Crippen molar-refractivity contribution in [2.75, 3.05) is 23.7 Å². The van der Waals surface area contributed by atoms with Gasteiger partial charge in [-0.2, -0.15) is 0 Å². The number of para-hydroxylation sites is 1. The Morgan fingerprint density at radius 1 is 1.12 bits per heavy atom. The maximum atomic E-state index is 13.7. The van der Waals surface area contributed by atoms with Gasteiger partial charge in [0, 0.05) is 17.8 Å². The van der Waals surface area contributed by atoms with Crippen LogP contribution in [-0.4, -0.2) is 40.7 Å². The zero-order valence-corrected chi connectivity index (χ0v) is 19.9. The molecule has 0 saturated heterocycles. The summed E-state index contributed by atoms with van der Waals surface area (Å²) in [6, 6.07) is 5.94. The zero-order valence-electron chi connectivity index (χ0n) is 19.1. The summed E-state index contributed by atoms with van der Waals surface area (Å²) < 4.78 is 13.7. The highest BCUT2D eigenvalue weighted by Gasteiger charge is 2.27. The van der Waals surface area contributed by atoms with Gasteiger partial charge in [0.15, 0.2) is 5.13 Å². The van der Waals surface area contributed by atoms with Crippen molar-refractivity contribution >= 4 is 39.9 Å². The number of hydrogen-bond acceptors (Lipinski definition) is 5. The molecule has 1 aliphatic carbocycles. The summed E-state index contributed by atoms with van der Waals surface area (Å²) >= 11 is 1.21. The molecule has 3 rings (SSSR count). The van der Waals surface area contributed by atoms with Crippen LogP contribution in [0.3, 0.4) is 0 Å². The topological polar surface area (TPSA) is 91.4 Å². The molecule has 7 nitrogen and oxygen atoms in total. The number of amides is 3. The number of halogens is 1. The number of nitrogens with one attached hydrogen (secondary N) is 2. The Morgan fingerprint density at radius 2 is 1.85 bits per heavy atom. The fourth-order valence-electron chi connectivity index (χ4n) is 3.98. The first kappa shape index (κ1) is 24.8. The van der Waals surface area contributed by atoms with E-state index in [1.165, 1.54) is 29.9 Å². The van der Waals surface area contributed by atoms with E-state index in [0.29, 0.717) is 17.4 Å². The number of carbonyl (C=O) groups excluding carboxylic acids is 3. The molecule has 9 heteroatoms. The fourth-order valence-corrected chi connectivity index (χ4v) is 4.71. The molecule has 0 unspecified atom stereocenters. The van der Waals surface area contributed by atoms with Crippen molar-refractivity contribution in [3.8, 4) is 0 Å². The first-order chi connectivity index (χ1) is 15.8. The molecule has 3 amide bonds. The van der Waals surface area contributed by atoms with Crippen LogP contribution >= 0.6 is 11.3 Å². The van der Waals surface area contributed by atoms with Gasteiger partial charge in [0.25, 0.3) is 0 Å². The summed E-state index contributed by atoms with van der Waals surface area (Å²) in [5.74, 6) is -0.899. The summed E-state index contributed by atoms with van der Waals surface area (Å²) in [4.78, 5) is 43.8. The van der Waals surface area contributed by atoms with Gasteiger partial charge in [0.1, 0.15) is 5.82 Å². The molecular formula is C24H31FN4O3S. The summed E-state index contributed by atoms with van der Waals surface area (Å²) in [5, 5.41) is 7.29. The standard InChI is InChI=1S/C24H31FN4O3S/c1-16(2)13-29(23(32)17-8-4-3-5-9-17)14-22(31)28-24-26-18(15-33-24)12-21(30)27-20-11-7-6-10-19(20)25/h6-7,10-11,15-17H,3-5,8-9,12-14H2,1-2H3,(H,27,30)(H,26,28,31). The quantitative estimate of drug-likeness (QED) is 0.561. The second-order valence-electron chi connectivity index (χ2n) is 8.84. The van der Waals surface area contributed by atoms with E-state index in [1.54, 1.807) is 22.4 Å². The molecule has 0 spiro atoms. The third-order valence-corrected chi connectivity index (χ3v) is 6.28. The van der Waals surface area contributed by atoms with Crippen LogP contribution in [0.1, 0.15) is 51.6 Å². The minimum atomic E-state index is -0.509. The van der Waals surface area contributed by atoms with Crippen LogP contribution in [0.4, 0.5) is 15.2 Å².